The van der Waals surface area contributed by atoms with Crippen LogP contribution in [0.2, 0.25) is 0 Å². The smallest absolute Gasteiger partial charge is 0.256 e. The number of aromatic nitrogens is 1. The van der Waals surface area contributed by atoms with Crippen molar-refractivity contribution >= 4 is 27.4 Å². The first-order valence-electron chi connectivity index (χ1n) is 8.92. The van der Waals surface area contributed by atoms with E-state index in [-0.39, 0.29) is 10.8 Å². The highest BCUT2D eigenvalue weighted by molar-refractivity contribution is 7.89. The highest BCUT2D eigenvalue weighted by atomic mass is 32.2. The standard InChI is InChI=1S/C19H26N4O3S/c1-5-23(6-2)27(25,26)17-10-7-15(8-11-17)19(24)22-18-12-9-16(13-20-18)21-14(3)4/h7-14,21H,5-6H2,1-4H3,(H,20,22,24). The molecular weight excluding hydrogens is 364 g/mol. The summed E-state index contributed by atoms with van der Waals surface area (Å²) in [6.45, 7) is 8.43. The second-order valence-electron chi connectivity index (χ2n) is 6.30. The summed E-state index contributed by atoms with van der Waals surface area (Å²) in [6, 6.07) is 9.74. The van der Waals surface area contributed by atoms with E-state index in [9.17, 15) is 13.2 Å². The van der Waals surface area contributed by atoms with Crippen molar-refractivity contribution in [2.45, 2.75) is 38.6 Å². The Morgan fingerprint density at radius 1 is 1.07 bits per heavy atom. The van der Waals surface area contributed by atoms with E-state index in [0.29, 0.717) is 30.5 Å². The van der Waals surface area contributed by atoms with Gasteiger partial charge in [0.15, 0.2) is 0 Å². The maximum Gasteiger partial charge on any atom is 0.256 e. The van der Waals surface area contributed by atoms with Crippen LogP contribution in [0.25, 0.3) is 0 Å². The molecule has 2 aromatic rings. The van der Waals surface area contributed by atoms with Crippen LogP contribution in [0.5, 0.6) is 0 Å². The van der Waals surface area contributed by atoms with Crippen LogP contribution in [0.3, 0.4) is 0 Å². The number of hydrogen-bond acceptors (Lipinski definition) is 5. The number of carbonyl (C=O) groups excluding carboxylic acids is 1. The monoisotopic (exact) mass is 390 g/mol. The van der Waals surface area contributed by atoms with Crippen LogP contribution < -0.4 is 10.6 Å². The predicted octanol–water partition coefficient (Wildman–Crippen LogP) is 3.18. The fraction of sp³-hybridized carbons (Fsp3) is 0.368. The number of nitrogens with zero attached hydrogens (tertiary/aromatic N) is 2. The maximum atomic E-state index is 12.5. The maximum absolute atomic E-state index is 12.5. The van der Waals surface area contributed by atoms with E-state index < -0.39 is 10.0 Å². The predicted molar refractivity (Wildman–Crippen MR) is 107 cm³/mol. The molecule has 0 radical (unpaired) electrons. The van der Waals surface area contributed by atoms with Gasteiger partial charge in [-0.3, -0.25) is 4.79 Å². The molecule has 146 valence electrons. The molecular formula is C19H26N4O3S. The van der Waals surface area contributed by atoms with Crippen molar-refractivity contribution in [1.29, 1.82) is 0 Å². The van der Waals surface area contributed by atoms with Crippen molar-refractivity contribution in [3.05, 3.63) is 48.2 Å². The third kappa shape index (κ3) is 5.27. The van der Waals surface area contributed by atoms with Crippen LogP contribution in [0.1, 0.15) is 38.1 Å². The van der Waals surface area contributed by atoms with Crippen LogP contribution in [-0.4, -0.2) is 42.7 Å². The van der Waals surface area contributed by atoms with Gasteiger partial charge in [0.05, 0.1) is 16.8 Å². The molecule has 1 heterocycles. The summed E-state index contributed by atoms with van der Waals surface area (Å²) in [5.74, 6) is 0.0769. The van der Waals surface area contributed by atoms with Crippen molar-refractivity contribution in [3.63, 3.8) is 0 Å². The van der Waals surface area contributed by atoms with Gasteiger partial charge in [-0.2, -0.15) is 4.31 Å². The number of hydrogen-bond donors (Lipinski definition) is 2. The van der Waals surface area contributed by atoms with Gasteiger partial charge in [0.2, 0.25) is 10.0 Å². The molecule has 0 saturated heterocycles. The Labute approximate surface area is 160 Å². The topological polar surface area (TPSA) is 91.4 Å². The van der Waals surface area contributed by atoms with Crippen molar-refractivity contribution in [2.24, 2.45) is 0 Å². The van der Waals surface area contributed by atoms with Gasteiger partial charge >= 0.3 is 0 Å². The van der Waals surface area contributed by atoms with E-state index in [1.165, 1.54) is 28.6 Å². The molecule has 1 aromatic carbocycles. The summed E-state index contributed by atoms with van der Waals surface area (Å²) >= 11 is 0. The van der Waals surface area contributed by atoms with Gasteiger partial charge in [-0.15, -0.1) is 0 Å². The van der Waals surface area contributed by atoms with Crippen molar-refractivity contribution < 1.29 is 13.2 Å². The number of carbonyl (C=O) groups is 1. The fourth-order valence-corrected chi connectivity index (χ4v) is 4.02. The summed E-state index contributed by atoms with van der Waals surface area (Å²) < 4.78 is 26.3. The number of amides is 1. The molecule has 2 N–H and O–H groups in total. The van der Waals surface area contributed by atoms with E-state index in [1.807, 2.05) is 19.9 Å². The van der Waals surface area contributed by atoms with Crippen LogP contribution >= 0.6 is 0 Å². The highest BCUT2D eigenvalue weighted by Gasteiger charge is 2.21. The molecule has 1 amide bonds. The van der Waals surface area contributed by atoms with Crippen LogP contribution in [0.4, 0.5) is 11.5 Å². The molecule has 0 aliphatic heterocycles. The van der Waals surface area contributed by atoms with E-state index in [2.05, 4.69) is 15.6 Å². The number of sulfonamides is 1. The van der Waals surface area contributed by atoms with Crippen molar-refractivity contribution in [1.82, 2.24) is 9.29 Å². The lowest BCUT2D eigenvalue weighted by Crippen LogP contribution is -2.30. The summed E-state index contributed by atoms with van der Waals surface area (Å²) in [4.78, 5) is 16.7. The van der Waals surface area contributed by atoms with Gasteiger partial charge in [-0.1, -0.05) is 13.8 Å². The van der Waals surface area contributed by atoms with Gasteiger partial charge in [0.25, 0.3) is 5.91 Å². The lowest BCUT2D eigenvalue weighted by molar-refractivity contribution is 0.102. The number of pyridine rings is 1. The molecule has 0 aliphatic rings. The van der Waals surface area contributed by atoms with E-state index in [4.69, 9.17) is 0 Å². The van der Waals surface area contributed by atoms with Gasteiger partial charge in [-0.05, 0) is 50.2 Å². The van der Waals surface area contributed by atoms with E-state index in [1.54, 1.807) is 26.1 Å². The van der Waals surface area contributed by atoms with E-state index in [0.717, 1.165) is 5.69 Å². The Kier molecular flexibility index (Phi) is 6.92. The molecule has 0 atom stereocenters. The first-order valence-corrected chi connectivity index (χ1v) is 10.4. The molecule has 27 heavy (non-hydrogen) atoms. The minimum atomic E-state index is -3.54. The average molecular weight is 391 g/mol. The quantitative estimate of drug-likeness (QED) is 0.722. The van der Waals surface area contributed by atoms with Crippen LogP contribution in [0.15, 0.2) is 47.5 Å². The zero-order valence-corrected chi connectivity index (χ0v) is 16.9. The number of nitrogens with one attached hydrogen (secondary N) is 2. The molecule has 0 unspecified atom stereocenters. The zero-order valence-electron chi connectivity index (χ0n) is 16.1. The second-order valence-corrected chi connectivity index (χ2v) is 8.24. The van der Waals surface area contributed by atoms with Gasteiger partial charge < -0.3 is 10.6 Å². The van der Waals surface area contributed by atoms with Crippen LogP contribution in [-0.2, 0) is 10.0 Å². The zero-order chi connectivity index (χ0) is 20.0. The summed E-state index contributed by atoms with van der Waals surface area (Å²) in [5, 5.41) is 5.92. The number of rotatable bonds is 8. The molecule has 0 spiro atoms. The average Bonchev–Trinajstić information content (AvgIpc) is 2.64. The third-order valence-electron chi connectivity index (χ3n) is 3.92. The molecule has 2 rings (SSSR count). The third-order valence-corrected chi connectivity index (χ3v) is 5.98. The molecule has 0 bridgehead atoms. The molecule has 8 heteroatoms. The van der Waals surface area contributed by atoms with Crippen LogP contribution in [0, 0.1) is 0 Å². The summed E-state index contributed by atoms with van der Waals surface area (Å²) in [5.41, 5.74) is 1.23. The summed E-state index contributed by atoms with van der Waals surface area (Å²) in [7, 11) is -3.54. The molecule has 7 nitrogen and oxygen atoms in total. The van der Waals surface area contributed by atoms with Crippen molar-refractivity contribution in [3.8, 4) is 0 Å². The lowest BCUT2D eigenvalue weighted by atomic mass is 10.2. The number of anilines is 2. The first kappa shape index (κ1) is 20.9. The summed E-state index contributed by atoms with van der Waals surface area (Å²) in [6.07, 6.45) is 1.65. The Balaban J connectivity index is 2.09. The SMILES string of the molecule is CCN(CC)S(=O)(=O)c1ccc(C(=O)Nc2ccc(NC(C)C)cn2)cc1. The molecule has 1 aromatic heterocycles. The minimum absolute atomic E-state index is 0.171. The highest BCUT2D eigenvalue weighted by Crippen LogP contribution is 2.17. The van der Waals surface area contributed by atoms with Gasteiger partial charge in [0.1, 0.15) is 5.82 Å². The minimum Gasteiger partial charge on any atom is -0.382 e. The van der Waals surface area contributed by atoms with E-state index >= 15 is 0 Å². The van der Waals surface area contributed by atoms with Crippen molar-refractivity contribution in [2.75, 3.05) is 23.7 Å². The fourth-order valence-electron chi connectivity index (χ4n) is 2.57. The largest absolute Gasteiger partial charge is 0.382 e. The Morgan fingerprint density at radius 2 is 1.70 bits per heavy atom. The lowest BCUT2D eigenvalue weighted by Gasteiger charge is -2.18. The Morgan fingerprint density at radius 3 is 2.19 bits per heavy atom. The normalized spacial score (nSPS) is 11.6. The Bertz CT molecular complexity index is 859. The molecule has 0 fully saturated rings. The van der Waals surface area contributed by atoms with Gasteiger partial charge in [0, 0.05) is 24.7 Å². The molecule has 0 aliphatic carbocycles. The number of benzene rings is 1. The molecule has 0 saturated carbocycles. The van der Waals surface area contributed by atoms with Gasteiger partial charge in [-0.25, -0.2) is 13.4 Å². The second kappa shape index (κ2) is 8.96. The first-order chi connectivity index (χ1) is 12.8. The Hall–Kier alpha value is -2.45.